The molecule has 0 amide bonds. The Labute approximate surface area is 106 Å². The van der Waals surface area contributed by atoms with Crippen LogP contribution in [0.4, 0.5) is 0 Å². The molecule has 0 aliphatic carbocycles. The predicted molar refractivity (Wildman–Crippen MR) is 72.6 cm³/mol. The second kappa shape index (κ2) is 4.84. The van der Waals surface area contributed by atoms with E-state index < -0.39 is 5.41 Å². The molecule has 0 saturated heterocycles. The van der Waals surface area contributed by atoms with Crippen molar-refractivity contribution >= 4 is 17.6 Å². The van der Waals surface area contributed by atoms with Gasteiger partial charge in [0.2, 0.25) is 0 Å². The lowest BCUT2D eigenvalue weighted by Gasteiger charge is -2.25. The van der Waals surface area contributed by atoms with E-state index in [1.807, 2.05) is 25.1 Å². The van der Waals surface area contributed by atoms with Gasteiger partial charge in [-0.1, -0.05) is 30.3 Å². The van der Waals surface area contributed by atoms with Gasteiger partial charge < -0.3 is 4.79 Å². The zero-order valence-electron chi connectivity index (χ0n) is 10.1. The van der Waals surface area contributed by atoms with Crippen LogP contribution in [0.1, 0.15) is 22.9 Å². The quantitative estimate of drug-likeness (QED) is 0.748. The zero-order valence-corrected chi connectivity index (χ0v) is 11.0. The van der Waals surface area contributed by atoms with Crippen LogP contribution < -0.4 is 0 Å². The molecule has 1 aromatic carbocycles. The van der Waals surface area contributed by atoms with E-state index in [0.29, 0.717) is 0 Å². The molecule has 0 N–H and O–H groups in total. The molecule has 1 nitrogen and oxygen atoms in total. The molecule has 17 heavy (non-hydrogen) atoms. The van der Waals surface area contributed by atoms with E-state index in [4.69, 9.17) is 0 Å². The summed E-state index contributed by atoms with van der Waals surface area (Å²) in [5.41, 5.74) is 1.89. The topological polar surface area (TPSA) is 17.1 Å². The van der Waals surface area contributed by atoms with Crippen molar-refractivity contribution in [2.45, 2.75) is 25.7 Å². The van der Waals surface area contributed by atoms with Gasteiger partial charge in [-0.3, -0.25) is 0 Å². The Morgan fingerprint density at radius 3 is 2.59 bits per heavy atom. The van der Waals surface area contributed by atoms with Gasteiger partial charge in [-0.2, -0.15) is 0 Å². The Bertz CT molecular complexity index is 501. The Morgan fingerprint density at radius 1 is 1.24 bits per heavy atom. The molecular formula is C15H16OS. The lowest BCUT2D eigenvalue weighted by molar-refractivity contribution is -0.112. The van der Waals surface area contributed by atoms with Crippen LogP contribution in [0.15, 0.2) is 41.8 Å². The highest BCUT2D eigenvalue weighted by molar-refractivity contribution is 7.09. The Hall–Kier alpha value is -1.41. The number of aryl methyl sites for hydroxylation is 1. The van der Waals surface area contributed by atoms with Crippen LogP contribution >= 0.6 is 11.3 Å². The number of carbonyl (C=O) groups is 1. The molecule has 0 saturated carbocycles. The summed E-state index contributed by atoms with van der Waals surface area (Å²) < 4.78 is 0. The molecule has 2 rings (SSSR count). The lowest BCUT2D eigenvalue weighted by atomic mass is 9.78. The third-order valence-electron chi connectivity index (χ3n) is 3.14. The average Bonchev–Trinajstić information content (AvgIpc) is 2.82. The normalized spacial score (nSPS) is 14.2. The number of hydrogen-bond donors (Lipinski definition) is 0. The van der Waals surface area contributed by atoms with Crippen molar-refractivity contribution in [1.82, 2.24) is 0 Å². The maximum absolute atomic E-state index is 11.5. The van der Waals surface area contributed by atoms with Crippen LogP contribution in [0.25, 0.3) is 0 Å². The van der Waals surface area contributed by atoms with Crippen molar-refractivity contribution in [3.63, 3.8) is 0 Å². The molecule has 1 atom stereocenters. The molecule has 0 fully saturated rings. The van der Waals surface area contributed by atoms with Crippen LogP contribution in [-0.4, -0.2) is 6.29 Å². The fraction of sp³-hybridized carbons (Fsp3) is 0.267. The predicted octanol–water partition coefficient (Wildman–Crippen LogP) is 3.76. The van der Waals surface area contributed by atoms with E-state index in [0.717, 1.165) is 18.3 Å². The fourth-order valence-corrected chi connectivity index (χ4v) is 3.06. The van der Waals surface area contributed by atoms with Gasteiger partial charge in [0, 0.05) is 4.88 Å². The van der Waals surface area contributed by atoms with Gasteiger partial charge in [0.05, 0.1) is 5.41 Å². The first-order valence-corrected chi connectivity index (χ1v) is 6.58. The highest BCUT2D eigenvalue weighted by Crippen LogP contribution is 2.30. The molecule has 1 unspecified atom stereocenters. The first-order chi connectivity index (χ1) is 8.15. The van der Waals surface area contributed by atoms with E-state index in [1.54, 1.807) is 11.3 Å². The second-order valence-electron chi connectivity index (χ2n) is 4.61. The van der Waals surface area contributed by atoms with Gasteiger partial charge in [-0.15, -0.1) is 11.3 Å². The molecule has 1 aromatic heterocycles. The van der Waals surface area contributed by atoms with E-state index >= 15 is 0 Å². The Morgan fingerprint density at radius 2 is 2.00 bits per heavy atom. The number of carbonyl (C=O) groups excluding carboxylic acids is 1. The third-order valence-corrected chi connectivity index (χ3v) is 4.02. The van der Waals surface area contributed by atoms with Gasteiger partial charge in [-0.25, -0.2) is 0 Å². The Kier molecular flexibility index (Phi) is 3.43. The molecule has 0 spiro atoms. The monoisotopic (exact) mass is 244 g/mol. The average molecular weight is 244 g/mol. The number of rotatable bonds is 4. The van der Waals surface area contributed by atoms with E-state index in [2.05, 4.69) is 30.5 Å². The van der Waals surface area contributed by atoms with Crippen molar-refractivity contribution in [3.8, 4) is 0 Å². The number of aldehydes is 1. The van der Waals surface area contributed by atoms with Crippen molar-refractivity contribution in [3.05, 3.63) is 57.8 Å². The highest BCUT2D eigenvalue weighted by atomic mass is 32.1. The van der Waals surface area contributed by atoms with Gasteiger partial charge in [-0.05, 0) is 42.8 Å². The van der Waals surface area contributed by atoms with Crippen molar-refractivity contribution in [2.75, 3.05) is 0 Å². The molecular weight excluding hydrogens is 228 g/mol. The summed E-state index contributed by atoms with van der Waals surface area (Å²) in [4.78, 5) is 12.8. The summed E-state index contributed by atoms with van der Waals surface area (Å²) in [6.07, 6.45) is 1.86. The van der Waals surface area contributed by atoms with Gasteiger partial charge in [0.15, 0.2) is 0 Å². The first-order valence-electron chi connectivity index (χ1n) is 5.70. The fourth-order valence-electron chi connectivity index (χ4n) is 2.19. The molecule has 0 radical (unpaired) electrons. The first kappa shape index (κ1) is 12.1. The summed E-state index contributed by atoms with van der Waals surface area (Å²) in [5.74, 6) is 0. The second-order valence-corrected chi connectivity index (χ2v) is 5.64. The molecule has 2 aromatic rings. The minimum absolute atomic E-state index is 0.420. The standard InChI is InChI=1S/C15H16OS/c1-12-6-3-4-8-14(12)15(2,11-16)10-13-7-5-9-17-13/h3-9,11H,10H2,1-2H3. The Balaban J connectivity index is 2.37. The molecule has 88 valence electrons. The SMILES string of the molecule is Cc1ccccc1C(C)(C=O)Cc1cccs1. The van der Waals surface area contributed by atoms with Crippen LogP contribution in [0.2, 0.25) is 0 Å². The summed E-state index contributed by atoms with van der Waals surface area (Å²) in [7, 11) is 0. The highest BCUT2D eigenvalue weighted by Gasteiger charge is 2.28. The molecule has 0 bridgehead atoms. The van der Waals surface area contributed by atoms with Crippen LogP contribution in [-0.2, 0) is 16.6 Å². The number of thiophene rings is 1. The van der Waals surface area contributed by atoms with Crippen LogP contribution in [0.3, 0.4) is 0 Å². The maximum atomic E-state index is 11.5. The zero-order chi connectivity index (χ0) is 12.3. The smallest absolute Gasteiger partial charge is 0.130 e. The molecule has 0 aliphatic heterocycles. The van der Waals surface area contributed by atoms with Gasteiger partial charge >= 0.3 is 0 Å². The molecule has 0 aliphatic rings. The van der Waals surface area contributed by atoms with Crippen LogP contribution in [0.5, 0.6) is 0 Å². The summed E-state index contributed by atoms with van der Waals surface area (Å²) >= 11 is 1.71. The summed E-state index contributed by atoms with van der Waals surface area (Å²) in [6, 6.07) is 12.2. The largest absolute Gasteiger partial charge is 0.302 e. The minimum atomic E-state index is -0.420. The molecule has 2 heteroatoms. The van der Waals surface area contributed by atoms with E-state index in [1.165, 1.54) is 10.4 Å². The minimum Gasteiger partial charge on any atom is -0.302 e. The van der Waals surface area contributed by atoms with Gasteiger partial charge in [0.1, 0.15) is 6.29 Å². The van der Waals surface area contributed by atoms with Crippen molar-refractivity contribution in [2.24, 2.45) is 0 Å². The summed E-state index contributed by atoms with van der Waals surface area (Å²) in [5, 5.41) is 2.05. The van der Waals surface area contributed by atoms with E-state index in [-0.39, 0.29) is 0 Å². The van der Waals surface area contributed by atoms with E-state index in [9.17, 15) is 4.79 Å². The number of benzene rings is 1. The van der Waals surface area contributed by atoms with Crippen molar-refractivity contribution in [1.29, 1.82) is 0 Å². The number of hydrogen-bond acceptors (Lipinski definition) is 2. The van der Waals surface area contributed by atoms with Crippen molar-refractivity contribution < 1.29 is 4.79 Å². The molecule has 1 heterocycles. The maximum Gasteiger partial charge on any atom is 0.130 e. The lowest BCUT2D eigenvalue weighted by Crippen LogP contribution is -2.27. The van der Waals surface area contributed by atoms with Gasteiger partial charge in [0.25, 0.3) is 0 Å². The summed E-state index contributed by atoms with van der Waals surface area (Å²) in [6.45, 7) is 4.08. The third kappa shape index (κ3) is 2.47. The van der Waals surface area contributed by atoms with Crippen LogP contribution in [0, 0.1) is 6.92 Å².